The molecule has 1 N–H and O–H groups in total. The number of anilines is 1. The molecule has 0 bridgehead atoms. The van der Waals surface area contributed by atoms with Crippen LogP contribution in [0, 0.1) is 0 Å². The smallest absolute Gasteiger partial charge is 0.319 e. The highest BCUT2D eigenvalue weighted by Crippen LogP contribution is 2.35. The van der Waals surface area contributed by atoms with Gasteiger partial charge < -0.3 is 14.8 Å². The first kappa shape index (κ1) is 36.4. The summed E-state index contributed by atoms with van der Waals surface area (Å²) in [6.07, 6.45) is 14.4. The molecule has 0 spiro atoms. The molecule has 10 heteroatoms. The maximum atomic E-state index is 12.7. The van der Waals surface area contributed by atoms with Gasteiger partial charge in [-0.25, -0.2) is 4.98 Å². The van der Waals surface area contributed by atoms with E-state index in [4.69, 9.17) is 9.47 Å². The molecule has 0 aliphatic heterocycles. The van der Waals surface area contributed by atoms with Crippen molar-refractivity contribution >= 4 is 68.6 Å². The second-order valence-electron chi connectivity index (χ2n) is 10.3. The Kier molecular flexibility index (Phi) is 18.9. The van der Waals surface area contributed by atoms with Crippen molar-refractivity contribution in [3.05, 3.63) is 18.2 Å². The van der Waals surface area contributed by atoms with Gasteiger partial charge in [-0.3, -0.25) is 14.4 Å². The summed E-state index contributed by atoms with van der Waals surface area (Å²) in [6.45, 7) is 8.57. The van der Waals surface area contributed by atoms with Crippen molar-refractivity contribution in [1.29, 1.82) is 0 Å². The molecule has 0 aliphatic carbocycles. The number of amides is 1. The predicted octanol–water partition coefficient (Wildman–Crippen LogP) is 9.03. The Morgan fingerprint density at radius 1 is 0.857 bits per heavy atom. The van der Waals surface area contributed by atoms with Crippen molar-refractivity contribution in [2.24, 2.45) is 0 Å². The van der Waals surface area contributed by atoms with Crippen molar-refractivity contribution in [2.45, 2.75) is 126 Å². The highest BCUT2D eigenvalue weighted by Gasteiger charge is 2.22. The summed E-state index contributed by atoms with van der Waals surface area (Å²) >= 11 is 4.45. The van der Waals surface area contributed by atoms with E-state index >= 15 is 0 Å². The molecule has 7 nitrogen and oxygen atoms in total. The van der Waals surface area contributed by atoms with Gasteiger partial charge in [-0.2, -0.15) is 0 Å². The highest BCUT2D eigenvalue weighted by atomic mass is 32.2. The summed E-state index contributed by atoms with van der Waals surface area (Å²) in [7, 11) is 0. The van der Waals surface area contributed by atoms with Gasteiger partial charge in [0.2, 0.25) is 5.91 Å². The summed E-state index contributed by atoms with van der Waals surface area (Å²) in [5.41, 5.74) is 1.54. The zero-order valence-corrected chi connectivity index (χ0v) is 28.4. The van der Waals surface area contributed by atoms with E-state index in [0.717, 1.165) is 33.8 Å². The normalized spacial score (nSPS) is 12.7. The van der Waals surface area contributed by atoms with Gasteiger partial charge in [0.05, 0.1) is 23.4 Å². The number of aromatic nitrogens is 1. The molecule has 2 unspecified atom stereocenters. The van der Waals surface area contributed by atoms with Crippen molar-refractivity contribution in [1.82, 2.24) is 4.98 Å². The Morgan fingerprint density at radius 2 is 1.48 bits per heavy atom. The van der Waals surface area contributed by atoms with Crippen LogP contribution in [0.1, 0.15) is 111 Å². The maximum Gasteiger partial charge on any atom is 0.319 e. The molecule has 1 aromatic carbocycles. The monoisotopic (exact) mass is 638 g/mol. The molecule has 236 valence electrons. The number of benzene rings is 1. The van der Waals surface area contributed by atoms with Gasteiger partial charge in [0.1, 0.15) is 10.5 Å². The molecule has 0 saturated heterocycles. The van der Waals surface area contributed by atoms with Crippen molar-refractivity contribution < 1.29 is 23.9 Å². The average Bonchev–Trinajstić information content (AvgIpc) is 3.37. The van der Waals surface area contributed by atoms with E-state index in [1.54, 1.807) is 6.92 Å². The van der Waals surface area contributed by atoms with Gasteiger partial charge >= 0.3 is 11.9 Å². The molecule has 1 heterocycles. The summed E-state index contributed by atoms with van der Waals surface area (Å²) in [6, 6.07) is 5.64. The topological polar surface area (TPSA) is 94.6 Å². The zero-order chi connectivity index (χ0) is 30.6. The highest BCUT2D eigenvalue weighted by molar-refractivity contribution is 8.02. The lowest BCUT2D eigenvalue weighted by Crippen LogP contribution is -2.22. The lowest BCUT2D eigenvalue weighted by molar-refractivity contribution is -0.143. The summed E-state index contributed by atoms with van der Waals surface area (Å²) < 4.78 is 12.2. The number of carbonyl (C=O) groups is 3. The fourth-order valence-electron chi connectivity index (χ4n) is 4.53. The number of nitrogens with zero attached hydrogens (tertiary/aromatic N) is 1. The predicted molar refractivity (Wildman–Crippen MR) is 179 cm³/mol. The first-order chi connectivity index (χ1) is 20.4. The number of esters is 2. The fourth-order valence-corrected chi connectivity index (χ4v) is 7.92. The Bertz CT molecular complexity index is 1080. The van der Waals surface area contributed by atoms with Crippen LogP contribution in [0.3, 0.4) is 0 Å². The van der Waals surface area contributed by atoms with Gasteiger partial charge in [0, 0.05) is 17.9 Å². The average molecular weight is 639 g/mol. The number of unbranched alkanes of at least 4 members (excludes halogenated alkanes) is 9. The number of hydrogen-bond acceptors (Lipinski definition) is 9. The van der Waals surface area contributed by atoms with E-state index in [-0.39, 0.29) is 28.3 Å². The van der Waals surface area contributed by atoms with Crippen LogP contribution in [0.4, 0.5) is 5.69 Å². The Hall–Kier alpha value is -1.78. The van der Waals surface area contributed by atoms with Crippen LogP contribution in [-0.4, -0.2) is 52.3 Å². The number of rotatable bonds is 23. The minimum absolute atomic E-state index is 0.0872. The standard InChI is InChI=1S/C32H50N2O5S3/c1-5-9-10-11-12-13-14-15-16-17-18-27(31(37)39-8-4)40-22-21-29(35)33-24-19-20-25-28(23-24)42-32(34-25)41-26(6-2)30(36)38-7-3/h19-20,23,26-27H,5-18,21-22H2,1-4H3,(H,33,35). The lowest BCUT2D eigenvalue weighted by atomic mass is 10.1. The Labute approximate surface area is 265 Å². The summed E-state index contributed by atoms with van der Waals surface area (Å²) in [5.74, 6) is 0.0826. The van der Waals surface area contributed by atoms with Gasteiger partial charge in [0.15, 0.2) is 4.34 Å². The second-order valence-corrected chi connectivity index (χ2v) is 14.1. The minimum Gasteiger partial charge on any atom is -0.465 e. The van der Waals surface area contributed by atoms with Crippen LogP contribution in [0.5, 0.6) is 0 Å². The van der Waals surface area contributed by atoms with E-state index in [1.807, 2.05) is 32.0 Å². The van der Waals surface area contributed by atoms with E-state index in [1.165, 1.54) is 86.2 Å². The van der Waals surface area contributed by atoms with Crippen LogP contribution in [0.15, 0.2) is 22.5 Å². The number of ether oxygens (including phenoxy) is 2. The summed E-state index contributed by atoms with van der Waals surface area (Å²) in [5, 5.41) is 2.47. The van der Waals surface area contributed by atoms with Crippen LogP contribution >= 0.6 is 34.9 Å². The van der Waals surface area contributed by atoms with E-state index < -0.39 is 0 Å². The molecule has 1 amide bonds. The van der Waals surface area contributed by atoms with Gasteiger partial charge in [-0.05, 0) is 44.9 Å². The molecule has 0 fully saturated rings. The molecule has 0 radical (unpaired) electrons. The third-order valence-corrected chi connectivity index (χ3v) is 10.6. The first-order valence-corrected chi connectivity index (χ1v) is 18.5. The molecule has 2 atom stereocenters. The van der Waals surface area contributed by atoms with E-state index in [2.05, 4.69) is 17.2 Å². The van der Waals surface area contributed by atoms with Crippen molar-refractivity contribution in [3.8, 4) is 0 Å². The molecule has 2 rings (SSSR count). The van der Waals surface area contributed by atoms with Crippen molar-refractivity contribution in [3.63, 3.8) is 0 Å². The quantitative estimate of drug-likeness (QED) is 0.0732. The number of hydrogen-bond donors (Lipinski definition) is 1. The van der Waals surface area contributed by atoms with Gasteiger partial charge in [-0.15, -0.1) is 23.1 Å². The van der Waals surface area contributed by atoms with E-state index in [9.17, 15) is 14.4 Å². The van der Waals surface area contributed by atoms with Crippen molar-refractivity contribution in [2.75, 3.05) is 24.3 Å². The number of carbonyl (C=O) groups excluding carboxylic acids is 3. The molecule has 0 saturated carbocycles. The second kappa shape index (κ2) is 21.8. The molecule has 1 aromatic heterocycles. The van der Waals surface area contributed by atoms with Gasteiger partial charge in [-0.1, -0.05) is 89.8 Å². The number of fused-ring (bicyclic) bond motifs is 1. The number of thiazole rings is 1. The Morgan fingerprint density at radius 3 is 2.10 bits per heavy atom. The SMILES string of the molecule is CCCCCCCCCCCCC(SCCC(=O)Nc1ccc2nc(SC(CC)C(=O)OCC)sc2c1)C(=O)OCC. The molecule has 2 aromatic rings. The molecule has 0 aliphatic rings. The number of nitrogens with one attached hydrogen (secondary N) is 1. The Balaban J connectivity index is 1.77. The first-order valence-electron chi connectivity index (χ1n) is 15.7. The van der Waals surface area contributed by atoms with Crippen LogP contribution in [0.2, 0.25) is 0 Å². The van der Waals surface area contributed by atoms with Crippen LogP contribution in [-0.2, 0) is 23.9 Å². The third-order valence-electron chi connectivity index (χ3n) is 6.83. The largest absolute Gasteiger partial charge is 0.465 e. The molecular formula is C32H50N2O5S3. The van der Waals surface area contributed by atoms with Crippen LogP contribution in [0.25, 0.3) is 10.2 Å². The maximum absolute atomic E-state index is 12.7. The number of thioether (sulfide) groups is 2. The summed E-state index contributed by atoms with van der Waals surface area (Å²) in [4.78, 5) is 42.0. The molecule has 42 heavy (non-hydrogen) atoms. The van der Waals surface area contributed by atoms with Gasteiger partial charge in [0.25, 0.3) is 0 Å². The molecular weight excluding hydrogens is 589 g/mol. The minimum atomic E-state index is -0.286. The fraction of sp³-hybridized carbons (Fsp3) is 0.688. The third kappa shape index (κ3) is 14.1. The van der Waals surface area contributed by atoms with E-state index in [0.29, 0.717) is 37.5 Å². The zero-order valence-electron chi connectivity index (χ0n) is 25.9. The lowest BCUT2D eigenvalue weighted by Gasteiger charge is -2.15. The van der Waals surface area contributed by atoms with Crippen LogP contribution < -0.4 is 5.32 Å².